The Morgan fingerprint density at radius 3 is 1.76 bits per heavy atom. The Balaban J connectivity index is 3.17. The molecule has 0 aromatic heterocycles. The van der Waals surface area contributed by atoms with Crippen LogP contribution in [-0.4, -0.2) is 11.6 Å². The van der Waals surface area contributed by atoms with Crippen molar-refractivity contribution in [3.63, 3.8) is 0 Å². The van der Waals surface area contributed by atoms with E-state index in [4.69, 9.17) is 0 Å². The molecule has 0 aliphatic carbocycles. The van der Waals surface area contributed by atoms with E-state index in [-0.39, 0.29) is 23.4 Å². The fourth-order valence-electron chi connectivity index (χ4n) is 2.43. The van der Waals surface area contributed by atoms with Crippen LogP contribution in [0.25, 0.3) is 0 Å². The second kappa shape index (κ2) is 5.76. The van der Waals surface area contributed by atoms with Crippen molar-refractivity contribution in [1.29, 1.82) is 0 Å². The van der Waals surface area contributed by atoms with E-state index < -0.39 is 5.92 Å². The Labute approximate surface area is 103 Å². The van der Waals surface area contributed by atoms with Gasteiger partial charge in [0.1, 0.15) is 11.6 Å². The van der Waals surface area contributed by atoms with Crippen LogP contribution in [0.5, 0.6) is 0 Å². The van der Waals surface area contributed by atoms with Gasteiger partial charge in [-0.1, -0.05) is 44.2 Å². The highest BCUT2D eigenvalue weighted by atomic mass is 16.1. The first-order valence-electron chi connectivity index (χ1n) is 6.01. The Bertz CT molecular complexity index is 379. The summed E-state index contributed by atoms with van der Waals surface area (Å²) in [6.07, 6.45) is 0. The van der Waals surface area contributed by atoms with E-state index in [0.29, 0.717) is 0 Å². The minimum Gasteiger partial charge on any atom is -0.299 e. The number of benzene rings is 1. The van der Waals surface area contributed by atoms with Crippen molar-refractivity contribution in [1.82, 2.24) is 0 Å². The smallest absolute Gasteiger partial charge is 0.140 e. The summed E-state index contributed by atoms with van der Waals surface area (Å²) in [6.45, 7) is 7.11. The minimum atomic E-state index is -0.516. The second-order valence-corrected chi connectivity index (χ2v) is 4.88. The monoisotopic (exact) mass is 232 g/mol. The molecule has 2 heteroatoms. The van der Waals surface area contributed by atoms with E-state index in [9.17, 15) is 9.59 Å². The lowest BCUT2D eigenvalue weighted by Gasteiger charge is -2.27. The Kier molecular flexibility index (Phi) is 4.62. The second-order valence-electron chi connectivity index (χ2n) is 4.88. The van der Waals surface area contributed by atoms with Gasteiger partial charge in [-0.2, -0.15) is 0 Å². The maximum Gasteiger partial charge on any atom is 0.140 e. The van der Waals surface area contributed by atoms with Gasteiger partial charge in [-0.05, 0) is 25.3 Å². The quantitative estimate of drug-likeness (QED) is 0.730. The molecule has 0 spiro atoms. The normalized spacial score (nSPS) is 12.8. The molecule has 92 valence electrons. The van der Waals surface area contributed by atoms with E-state index in [0.717, 1.165) is 5.56 Å². The molecule has 0 amide bonds. The number of hydrogen-bond donors (Lipinski definition) is 0. The summed E-state index contributed by atoms with van der Waals surface area (Å²) in [5.74, 6) is -0.362. The van der Waals surface area contributed by atoms with Gasteiger partial charge in [-0.15, -0.1) is 0 Å². The van der Waals surface area contributed by atoms with Crippen molar-refractivity contribution in [3.8, 4) is 0 Å². The molecule has 1 unspecified atom stereocenters. The van der Waals surface area contributed by atoms with Gasteiger partial charge in [0.25, 0.3) is 0 Å². The summed E-state index contributed by atoms with van der Waals surface area (Å²) in [5, 5.41) is 0. The van der Waals surface area contributed by atoms with E-state index in [1.807, 2.05) is 30.3 Å². The van der Waals surface area contributed by atoms with Crippen LogP contribution in [0.2, 0.25) is 0 Å². The molecule has 0 bridgehead atoms. The SMILES string of the molecule is CC(=O)C(C(C)=O)C(c1ccccc1)C(C)C. The fourth-order valence-corrected chi connectivity index (χ4v) is 2.43. The summed E-state index contributed by atoms with van der Waals surface area (Å²) in [6, 6.07) is 9.81. The molecule has 1 aromatic carbocycles. The van der Waals surface area contributed by atoms with E-state index in [1.54, 1.807) is 0 Å². The van der Waals surface area contributed by atoms with E-state index in [1.165, 1.54) is 13.8 Å². The number of ketones is 2. The zero-order chi connectivity index (χ0) is 13.0. The fraction of sp³-hybridized carbons (Fsp3) is 0.467. The summed E-state index contributed by atoms with van der Waals surface area (Å²) in [7, 11) is 0. The molecule has 0 radical (unpaired) electrons. The number of carbonyl (C=O) groups excluding carboxylic acids is 2. The largest absolute Gasteiger partial charge is 0.299 e. The average molecular weight is 232 g/mol. The van der Waals surface area contributed by atoms with Crippen LogP contribution in [0.4, 0.5) is 0 Å². The van der Waals surface area contributed by atoms with Crippen LogP contribution in [0.15, 0.2) is 30.3 Å². The van der Waals surface area contributed by atoms with E-state index >= 15 is 0 Å². The average Bonchev–Trinajstić information content (AvgIpc) is 2.25. The predicted octanol–water partition coefficient (Wildman–Crippen LogP) is 3.22. The Hall–Kier alpha value is -1.44. The van der Waals surface area contributed by atoms with Gasteiger partial charge < -0.3 is 0 Å². The molecule has 1 aromatic rings. The standard InChI is InChI=1S/C15H20O2/c1-10(2)14(13-8-6-5-7-9-13)15(11(3)16)12(4)17/h5-10,14-15H,1-4H3. The lowest BCUT2D eigenvalue weighted by molar-refractivity contribution is -0.131. The van der Waals surface area contributed by atoms with Crippen LogP contribution >= 0.6 is 0 Å². The van der Waals surface area contributed by atoms with Gasteiger partial charge in [-0.3, -0.25) is 9.59 Å². The number of hydrogen-bond acceptors (Lipinski definition) is 2. The molecule has 1 atom stereocenters. The van der Waals surface area contributed by atoms with Crippen molar-refractivity contribution in [2.45, 2.75) is 33.6 Å². The van der Waals surface area contributed by atoms with Crippen molar-refractivity contribution < 1.29 is 9.59 Å². The van der Waals surface area contributed by atoms with Gasteiger partial charge in [0.15, 0.2) is 0 Å². The van der Waals surface area contributed by atoms with Gasteiger partial charge in [0.05, 0.1) is 5.92 Å². The van der Waals surface area contributed by atoms with Crippen LogP contribution in [-0.2, 0) is 9.59 Å². The molecule has 0 aliphatic heterocycles. The summed E-state index contributed by atoms with van der Waals surface area (Å²) >= 11 is 0. The number of carbonyl (C=O) groups is 2. The van der Waals surface area contributed by atoms with Crippen molar-refractivity contribution in [2.75, 3.05) is 0 Å². The van der Waals surface area contributed by atoms with Crippen LogP contribution < -0.4 is 0 Å². The summed E-state index contributed by atoms with van der Waals surface area (Å²) in [5.41, 5.74) is 1.07. The van der Waals surface area contributed by atoms with Crippen molar-refractivity contribution in [3.05, 3.63) is 35.9 Å². The van der Waals surface area contributed by atoms with Crippen molar-refractivity contribution in [2.24, 2.45) is 11.8 Å². The van der Waals surface area contributed by atoms with Gasteiger partial charge in [0.2, 0.25) is 0 Å². The molecule has 1 rings (SSSR count). The minimum absolute atomic E-state index is 0.0220. The van der Waals surface area contributed by atoms with Gasteiger partial charge in [-0.25, -0.2) is 0 Å². The maximum atomic E-state index is 11.7. The zero-order valence-corrected chi connectivity index (χ0v) is 10.9. The first-order valence-corrected chi connectivity index (χ1v) is 6.01. The topological polar surface area (TPSA) is 34.1 Å². The van der Waals surface area contributed by atoms with Crippen LogP contribution in [0.3, 0.4) is 0 Å². The van der Waals surface area contributed by atoms with Crippen LogP contribution in [0, 0.1) is 11.8 Å². The first kappa shape index (κ1) is 13.6. The summed E-state index contributed by atoms with van der Waals surface area (Å²) in [4.78, 5) is 23.4. The lowest BCUT2D eigenvalue weighted by atomic mass is 9.75. The van der Waals surface area contributed by atoms with Gasteiger partial charge >= 0.3 is 0 Å². The van der Waals surface area contributed by atoms with Crippen LogP contribution in [0.1, 0.15) is 39.2 Å². The van der Waals surface area contributed by atoms with Gasteiger partial charge in [0, 0.05) is 5.92 Å². The molecule has 0 fully saturated rings. The molecule has 0 saturated heterocycles. The predicted molar refractivity (Wildman–Crippen MR) is 68.9 cm³/mol. The molecular formula is C15H20O2. The molecule has 0 N–H and O–H groups in total. The highest BCUT2D eigenvalue weighted by molar-refractivity contribution is 6.01. The lowest BCUT2D eigenvalue weighted by Crippen LogP contribution is -2.30. The molecule has 0 saturated carbocycles. The van der Waals surface area contributed by atoms with Crippen molar-refractivity contribution >= 4 is 11.6 Å². The summed E-state index contributed by atoms with van der Waals surface area (Å²) < 4.78 is 0. The molecule has 17 heavy (non-hydrogen) atoms. The Morgan fingerprint density at radius 1 is 0.941 bits per heavy atom. The van der Waals surface area contributed by atoms with E-state index in [2.05, 4.69) is 13.8 Å². The third-order valence-corrected chi connectivity index (χ3v) is 3.14. The molecule has 2 nitrogen and oxygen atoms in total. The number of rotatable bonds is 5. The highest BCUT2D eigenvalue weighted by Crippen LogP contribution is 2.33. The molecular weight excluding hydrogens is 212 g/mol. The molecule has 0 aliphatic rings. The zero-order valence-electron chi connectivity index (χ0n) is 10.9. The third kappa shape index (κ3) is 3.26. The maximum absolute atomic E-state index is 11.7. The highest BCUT2D eigenvalue weighted by Gasteiger charge is 2.32. The first-order chi connectivity index (χ1) is 7.95. The third-order valence-electron chi connectivity index (χ3n) is 3.14. The Morgan fingerprint density at radius 2 is 1.41 bits per heavy atom. The number of Topliss-reactive ketones (excluding diaryl/α,β-unsaturated/α-hetero) is 2. The molecule has 0 heterocycles.